The van der Waals surface area contributed by atoms with Crippen molar-refractivity contribution in [3.05, 3.63) is 17.0 Å². The second kappa shape index (κ2) is 6.61. The van der Waals surface area contributed by atoms with E-state index < -0.39 is 11.2 Å². The molecular weight excluding hydrogens is 318 g/mol. The lowest BCUT2D eigenvalue weighted by Crippen LogP contribution is -2.40. The minimum absolute atomic E-state index is 0.0473. The van der Waals surface area contributed by atoms with Crippen LogP contribution in [-0.2, 0) is 16.0 Å². The van der Waals surface area contributed by atoms with Gasteiger partial charge in [0.2, 0.25) is 5.28 Å². The molecule has 0 aromatic carbocycles. The first-order chi connectivity index (χ1) is 10.6. The average Bonchev–Trinajstić information content (AvgIpc) is 2.70. The van der Waals surface area contributed by atoms with E-state index in [1.807, 2.05) is 20.8 Å². The number of hydrogen-bond donors (Lipinski definition) is 2. The van der Waals surface area contributed by atoms with Crippen LogP contribution in [0, 0.1) is 0 Å². The van der Waals surface area contributed by atoms with Gasteiger partial charge in [-0.15, -0.1) is 0 Å². The number of aromatic nitrogens is 2. The SMILES string of the molecule is CC(C)(C)OC(=O)Cc1cnc(Cl)nc1N[C@@H]1CCC[C@]1(C)O. The maximum atomic E-state index is 12.0. The fourth-order valence-corrected chi connectivity index (χ4v) is 2.85. The fraction of sp³-hybridized carbons (Fsp3) is 0.688. The van der Waals surface area contributed by atoms with Gasteiger partial charge in [-0.1, -0.05) is 0 Å². The molecular formula is C16H24ClN3O3. The largest absolute Gasteiger partial charge is 0.460 e. The zero-order chi connectivity index (χ0) is 17.3. The highest BCUT2D eigenvalue weighted by Crippen LogP contribution is 2.32. The summed E-state index contributed by atoms with van der Waals surface area (Å²) in [5.41, 5.74) is -0.750. The van der Waals surface area contributed by atoms with Crippen molar-refractivity contribution < 1.29 is 14.6 Å². The van der Waals surface area contributed by atoms with Gasteiger partial charge in [-0.2, -0.15) is 0 Å². The summed E-state index contributed by atoms with van der Waals surface area (Å²) in [6, 6.07) is -0.133. The molecule has 1 aromatic heterocycles. The Kier molecular flexibility index (Phi) is 5.16. The van der Waals surface area contributed by atoms with Crippen molar-refractivity contribution in [3.8, 4) is 0 Å². The maximum absolute atomic E-state index is 12.0. The van der Waals surface area contributed by atoms with E-state index in [-0.39, 0.29) is 23.7 Å². The summed E-state index contributed by atoms with van der Waals surface area (Å²) in [5, 5.41) is 13.7. The summed E-state index contributed by atoms with van der Waals surface area (Å²) < 4.78 is 5.33. The number of halogens is 1. The number of ether oxygens (including phenoxy) is 1. The minimum Gasteiger partial charge on any atom is -0.460 e. The molecule has 0 spiro atoms. The number of anilines is 1. The Balaban J connectivity index is 2.16. The van der Waals surface area contributed by atoms with Crippen LogP contribution in [0.25, 0.3) is 0 Å². The highest BCUT2D eigenvalue weighted by molar-refractivity contribution is 6.28. The second-order valence-electron chi connectivity index (χ2n) is 7.22. The predicted octanol–water partition coefficient (Wildman–Crippen LogP) is 2.73. The summed E-state index contributed by atoms with van der Waals surface area (Å²) >= 11 is 5.88. The smallest absolute Gasteiger partial charge is 0.310 e. The monoisotopic (exact) mass is 341 g/mol. The molecule has 0 bridgehead atoms. The number of esters is 1. The Morgan fingerprint density at radius 2 is 2.26 bits per heavy atom. The molecule has 1 aliphatic carbocycles. The molecule has 1 fully saturated rings. The lowest BCUT2D eigenvalue weighted by Gasteiger charge is -2.27. The lowest BCUT2D eigenvalue weighted by molar-refractivity contribution is -0.153. The first kappa shape index (κ1) is 17.9. The Morgan fingerprint density at radius 1 is 1.57 bits per heavy atom. The molecule has 0 saturated heterocycles. The first-order valence-corrected chi connectivity index (χ1v) is 8.17. The minimum atomic E-state index is -0.805. The Hall–Kier alpha value is -1.40. The van der Waals surface area contributed by atoms with Gasteiger partial charge >= 0.3 is 5.97 Å². The van der Waals surface area contributed by atoms with E-state index in [0.717, 1.165) is 19.3 Å². The van der Waals surface area contributed by atoms with Crippen molar-refractivity contribution in [2.24, 2.45) is 0 Å². The fourth-order valence-electron chi connectivity index (χ4n) is 2.71. The van der Waals surface area contributed by atoms with Gasteiger partial charge in [-0.05, 0) is 58.6 Å². The highest BCUT2D eigenvalue weighted by Gasteiger charge is 2.37. The van der Waals surface area contributed by atoms with Crippen molar-refractivity contribution in [3.63, 3.8) is 0 Å². The van der Waals surface area contributed by atoms with Crippen LogP contribution in [0.5, 0.6) is 0 Å². The topological polar surface area (TPSA) is 84.3 Å². The maximum Gasteiger partial charge on any atom is 0.310 e. The Morgan fingerprint density at radius 3 is 2.83 bits per heavy atom. The Bertz CT molecular complexity index is 584. The van der Waals surface area contributed by atoms with Crippen molar-refractivity contribution in [1.29, 1.82) is 0 Å². The number of nitrogens with one attached hydrogen (secondary N) is 1. The molecule has 7 heteroatoms. The zero-order valence-corrected chi connectivity index (χ0v) is 14.8. The van der Waals surface area contributed by atoms with Crippen LogP contribution in [0.1, 0.15) is 52.5 Å². The van der Waals surface area contributed by atoms with Gasteiger partial charge in [-0.25, -0.2) is 9.97 Å². The predicted molar refractivity (Wildman–Crippen MR) is 88.5 cm³/mol. The number of nitrogens with zero attached hydrogens (tertiary/aromatic N) is 2. The number of rotatable bonds is 4. The third-order valence-electron chi connectivity index (χ3n) is 3.83. The van der Waals surface area contributed by atoms with Crippen LogP contribution in [0.3, 0.4) is 0 Å². The summed E-state index contributed by atoms with van der Waals surface area (Å²) in [7, 11) is 0. The molecule has 1 saturated carbocycles. The molecule has 1 aromatic rings. The van der Waals surface area contributed by atoms with E-state index in [1.54, 1.807) is 6.92 Å². The van der Waals surface area contributed by atoms with Gasteiger partial charge in [-0.3, -0.25) is 4.79 Å². The normalized spacial score (nSPS) is 24.5. The summed E-state index contributed by atoms with van der Waals surface area (Å²) in [5.74, 6) is 0.118. The number of hydrogen-bond acceptors (Lipinski definition) is 6. The van der Waals surface area contributed by atoms with Crippen molar-refractivity contribution in [2.45, 2.75) is 70.6 Å². The second-order valence-corrected chi connectivity index (χ2v) is 7.56. The van der Waals surface area contributed by atoms with Crippen LogP contribution in [-0.4, -0.2) is 38.3 Å². The van der Waals surface area contributed by atoms with Crippen molar-refractivity contribution >= 4 is 23.4 Å². The summed E-state index contributed by atoms with van der Waals surface area (Å²) in [6.07, 6.45) is 4.06. The molecule has 128 valence electrons. The lowest BCUT2D eigenvalue weighted by atomic mass is 10.0. The van der Waals surface area contributed by atoms with E-state index in [9.17, 15) is 9.90 Å². The van der Waals surface area contributed by atoms with Gasteiger partial charge in [0, 0.05) is 11.8 Å². The van der Waals surface area contributed by atoms with Crippen molar-refractivity contribution in [2.75, 3.05) is 5.32 Å². The average molecular weight is 342 g/mol. The molecule has 1 aliphatic rings. The summed E-state index contributed by atoms with van der Waals surface area (Å²) in [6.45, 7) is 7.25. The third-order valence-corrected chi connectivity index (χ3v) is 4.01. The molecule has 0 aliphatic heterocycles. The molecule has 2 N–H and O–H groups in total. The number of carbonyl (C=O) groups is 1. The van der Waals surface area contributed by atoms with Crippen LogP contribution >= 0.6 is 11.6 Å². The zero-order valence-electron chi connectivity index (χ0n) is 14.0. The summed E-state index contributed by atoms with van der Waals surface area (Å²) in [4.78, 5) is 20.2. The van der Waals surface area contributed by atoms with Crippen LogP contribution < -0.4 is 5.32 Å². The van der Waals surface area contributed by atoms with Gasteiger partial charge in [0.05, 0.1) is 18.1 Å². The van der Waals surface area contributed by atoms with E-state index in [0.29, 0.717) is 11.4 Å². The van der Waals surface area contributed by atoms with E-state index >= 15 is 0 Å². The third kappa shape index (κ3) is 5.04. The van der Waals surface area contributed by atoms with Gasteiger partial charge < -0.3 is 15.2 Å². The number of carbonyl (C=O) groups excluding carboxylic acids is 1. The molecule has 2 rings (SSSR count). The quantitative estimate of drug-likeness (QED) is 0.647. The van der Waals surface area contributed by atoms with Crippen LogP contribution in [0.15, 0.2) is 6.20 Å². The molecule has 6 nitrogen and oxygen atoms in total. The van der Waals surface area contributed by atoms with E-state index in [2.05, 4.69) is 15.3 Å². The number of aliphatic hydroxyl groups is 1. The van der Waals surface area contributed by atoms with E-state index in [4.69, 9.17) is 16.3 Å². The van der Waals surface area contributed by atoms with Crippen LogP contribution in [0.2, 0.25) is 5.28 Å². The standard InChI is InChI=1S/C16H24ClN3O3/c1-15(2,3)23-12(21)8-10-9-18-14(17)20-13(10)19-11-6-5-7-16(11,4)22/h9,11,22H,5-8H2,1-4H3,(H,18,19,20)/t11-,16+/m1/s1. The Labute approximate surface area is 141 Å². The van der Waals surface area contributed by atoms with Crippen LogP contribution in [0.4, 0.5) is 5.82 Å². The van der Waals surface area contributed by atoms with E-state index in [1.165, 1.54) is 6.20 Å². The first-order valence-electron chi connectivity index (χ1n) is 7.79. The molecule has 0 radical (unpaired) electrons. The van der Waals surface area contributed by atoms with Crippen molar-refractivity contribution in [1.82, 2.24) is 9.97 Å². The molecule has 1 heterocycles. The van der Waals surface area contributed by atoms with Gasteiger partial charge in [0.1, 0.15) is 11.4 Å². The highest BCUT2D eigenvalue weighted by atomic mass is 35.5. The molecule has 0 unspecified atom stereocenters. The molecule has 0 amide bonds. The molecule has 23 heavy (non-hydrogen) atoms. The van der Waals surface area contributed by atoms with Gasteiger partial charge in [0.15, 0.2) is 0 Å². The molecule has 2 atom stereocenters. The van der Waals surface area contributed by atoms with Gasteiger partial charge in [0.25, 0.3) is 0 Å².